The van der Waals surface area contributed by atoms with E-state index in [2.05, 4.69) is 107 Å². The Labute approximate surface area is 394 Å². The highest BCUT2D eigenvalue weighted by Crippen LogP contribution is 2.20. The maximum Gasteiger partial charge on any atom is 0.259 e. The summed E-state index contributed by atoms with van der Waals surface area (Å²) in [5.74, 6) is 4.35. The third-order valence-corrected chi connectivity index (χ3v) is 11.2. The monoisotopic (exact) mass is 952 g/mol. The molecule has 6 aromatic heterocycles. The highest BCUT2D eigenvalue weighted by atomic mass is 32.2. The number of nitrogens with zero attached hydrogens (tertiary/aromatic N) is 12. The van der Waals surface area contributed by atoms with Gasteiger partial charge in [0.2, 0.25) is 39.3 Å². The Morgan fingerprint density at radius 3 is 1.54 bits per heavy atom. The number of aromatic nitrogens is 10. The largest absolute Gasteiger partial charge is 0.492 e. The molecule has 0 fully saturated rings. The van der Waals surface area contributed by atoms with Gasteiger partial charge in [-0.2, -0.15) is 38.9 Å². The second-order valence-electron chi connectivity index (χ2n) is 15.0. The minimum Gasteiger partial charge on any atom is -0.492 e. The van der Waals surface area contributed by atoms with Crippen molar-refractivity contribution in [2.75, 3.05) is 88.6 Å². The Morgan fingerprint density at radius 2 is 1.10 bits per heavy atom. The van der Waals surface area contributed by atoms with Gasteiger partial charge in [-0.05, 0) is 105 Å². The van der Waals surface area contributed by atoms with Crippen molar-refractivity contribution in [2.45, 2.75) is 45.7 Å². The predicted octanol–water partition coefficient (Wildman–Crippen LogP) is 4.41. The number of hydrogen-bond acceptors (Lipinski definition) is 20. The van der Waals surface area contributed by atoms with Gasteiger partial charge in [-0.15, -0.1) is 10.2 Å². The SMILES string of the molecule is CCN(CC)CCOc1ccc(CCN)cc1.CCN(CC)CCOc1ccc(CCNc2nc(N)n3nc(-c4ccco4)nc3n2)cc1.CS(=O)(=O)c1nc(N)n2nc(-c3ccco3)nc2n1. The third-order valence-electron chi connectivity index (χ3n) is 10.4. The number of nitrogens with two attached hydrogens (primary N) is 3. The summed E-state index contributed by atoms with van der Waals surface area (Å²) in [7, 11) is -3.57. The van der Waals surface area contributed by atoms with Crippen LogP contribution in [0.15, 0.2) is 99.3 Å². The van der Waals surface area contributed by atoms with Gasteiger partial charge in [0.15, 0.2) is 11.5 Å². The van der Waals surface area contributed by atoms with E-state index in [0.29, 0.717) is 48.8 Å². The Hall–Kier alpha value is -7.21. The van der Waals surface area contributed by atoms with E-state index in [1.165, 1.54) is 21.9 Å². The highest BCUT2D eigenvalue weighted by Gasteiger charge is 2.19. The summed E-state index contributed by atoms with van der Waals surface area (Å²) in [6.07, 6.45) is 5.76. The molecule has 0 aliphatic carbocycles. The average Bonchev–Trinajstić information content (AvgIpc) is 4.19. The summed E-state index contributed by atoms with van der Waals surface area (Å²) in [5, 5.41) is 11.1. The Bertz CT molecular complexity index is 2850. The van der Waals surface area contributed by atoms with Crippen molar-refractivity contribution >= 4 is 39.2 Å². The van der Waals surface area contributed by atoms with Crippen molar-refractivity contribution in [1.29, 1.82) is 0 Å². The standard InChI is InChI=1S/C22H28N8O2.C14H24N2O.C9H8N6O3S/c1-3-29(4-2)13-15-31-17-9-7-16(8-10-17)11-12-24-21-26-20(23)30-22(27-21)25-19(28-30)18-6-5-14-32-18;1-3-16(4-2)11-12-17-14-7-5-13(6-8-14)9-10-15;1-19(16,17)9-12-7(10)15-8(13-9)11-6(14-15)5-3-2-4-18-5/h5-10,14H,3-4,11-13,15H2,1-2H3,(H3,23,24,25,26,27,28);5-8H,3-4,9-12,15H2,1-2H3;2-4H,1H3,(H2,10,11,12,13,14). The molecule has 0 saturated heterocycles. The van der Waals surface area contributed by atoms with Crippen LogP contribution in [0, 0.1) is 0 Å². The number of likely N-dealkylation sites (N-methyl/N-ethyl adjacent to an activating group) is 2. The molecule has 22 nitrogen and oxygen atoms in total. The quantitative estimate of drug-likeness (QED) is 0.0776. The van der Waals surface area contributed by atoms with E-state index in [4.69, 9.17) is 35.5 Å². The van der Waals surface area contributed by atoms with Gasteiger partial charge in [0.25, 0.3) is 16.7 Å². The average molecular weight is 953 g/mol. The van der Waals surface area contributed by atoms with E-state index in [1.807, 2.05) is 24.3 Å². The van der Waals surface area contributed by atoms with Crippen LogP contribution in [0.25, 0.3) is 34.7 Å². The van der Waals surface area contributed by atoms with E-state index >= 15 is 0 Å². The van der Waals surface area contributed by atoms with E-state index in [-0.39, 0.29) is 23.5 Å². The lowest BCUT2D eigenvalue weighted by Crippen LogP contribution is -2.27. The van der Waals surface area contributed by atoms with Gasteiger partial charge in [0.1, 0.15) is 24.7 Å². The number of hydrogen-bond donors (Lipinski definition) is 4. The number of fused-ring (bicyclic) bond motifs is 2. The molecule has 0 unspecified atom stereocenters. The molecule has 6 heterocycles. The molecule has 23 heteroatoms. The summed E-state index contributed by atoms with van der Waals surface area (Å²) in [6, 6.07) is 23.2. The van der Waals surface area contributed by atoms with Gasteiger partial charge in [0.05, 0.1) is 12.5 Å². The maximum absolute atomic E-state index is 11.4. The number of nitrogen functional groups attached to an aromatic ring is 2. The first kappa shape index (κ1) is 50.2. The molecule has 0 aliphatic rings. The predicted molar refractivity (Wildman–Crippen MR) is 259 cm³/mol. The fourth-order valence-corrected chi connectivity index (χ4v) is 7.02. The molecular weight excluding hydrogens is 893 g/mol. The summed E-state index contributed by atoms with van der Waals surface area (Å²) in [4.78, 5) is 29.3. The molecule has 0 amide bonds. The van der Waals surface area contributed by atoms with Crippen molar-refractivity contribution in [3.63, 3.8) is 0 Å². The van der Waals surface area contributed by atoms with Crippen LogP contribution in [-0.2, 0) is 22.7 Å². The van der Waals surface area contributed by atoms with Crippen molar-refractivity contribution in [2.24, 2.45) is 5.73 Å². The van der Waals surface area contributed by atoms with Crippen LogP contribution in [0.4, 0.5) is 17.8 Å². The normalized spacial score (nSPS) is 11.4. The van der Waals surface area contributed by atoms with Crippen molar-refractivity contribution < 1.29 is 26.7 Å². The molecule has 0 radical (unpaired) electrons. The lowest BCUT2D eigenvalue weighted by atomic mass is 10.1. The molecule has 0 spiro atoms. The number of benzene rings is 2. The summed E-state index contributed by atoms with van der Waals surface area (Å²) in [6.45, 7) is 17.6. The van der Waals surface area contributed by atoms with Crippen LogP contribution in [0.3, 0.4) is 0 Å². The zero-order valence-electron chi connectivity index (χ0n) is 39.0. The maximum atomic E-state index is 11.4. The van der Waals surface area contributed by atoms with Gasteiger partial charge in [0, 0.05) is 25.9 Å². The van der Waals surface area contributed by atoms with Crippen molar-refractivity contribution in [1.82, 2.24) is 58.9 Å². The van der Waals surface area contributed by atoms with Crippen LogP contribution < -0.4 is 32.0 Å². The zero-order valence-corrected chi connectivity index (χ0v) is 39.8. The van der Waals surface area contributed by atoms with Crippen molar-refractivity contribution in [3.05, 3.63) is 96.4 Å². The van der Waals surface area contributed by atoms with E-state index in [0.717, 1.165) is 81.0 Å². The van der Waals surface area contributed by atoms with Crippen LogP contribution in [-0.4, -0.2) is 139 Å². The van der Waals surface area contributed by atoms with Crippen molar-refractivity contribution in [3.8, 4) is 34.7 Å². The fraction of sp³-hybridized carbons (Fsp3) is 0.378. The van der Waals surface area contributed by atoms with Gasteiger partial charge in [-0.3, -0.25) is 0 Å². The van der Waals surface area contributed by atoms with Gasteiger partial charge in [-0.25, -0.2) is 8.42 Å². The molecule has 0 saturated carbocycles. The first-order valence-corrected chi connectivity index (χ1v) is 24.2. The molecule has 362 valence electrons. The van der Waals surface area contributed by atoms with Crippen LogP contribution in [0.5, 0.6) is 11.5 Å². The van der Waals surface area contributed by atoms with E-state index in [9.17, 15) is 8.42 Å². The lowest BCUT2D eigenvalue weighted by Gasteiger charge is -2.18. The molecule has 0 bridgehead atoms. The lowest BCUT2D eigenvalue weighted by molar-refractivity contribution is 0.223. The number of ether oxygens (including phenoxy) is 2. The van der Waals surface area contributed by atoms with E-state index < -0.39 is 15.0 Å². The number of rotatable bonds is 21. The molecule has 8 aromatic rings. The molecule has 8 rings (SSSR count). The molecule has 0 aliphatic heterocycles. The Morgan fingerprint density at radius 1 is 0.632 bits per heavy atom. The first-order valence-electron chi connectivity index (χ1n) is 22.3. The summed E-state index contributed by atoms with van der Waals surface area (Å²) >= 11 is 0. The minimum atomic E-state index is -3.57. The van der Waals surface area contributed by atoms with Crippen LogP contribution in [0.2, 0.25) is 0 Å². The number of anilines is 3. The van der Waals surface area contributed by atoms with Crippen LogP contribution in [0.1, 0.15) is 38.8 Å². The smallest absolute Gasteiger partial charge is 0.259 e. The first-order chi connectivity index (χ1) is 32.9. The second kappa shape index (κ2) is 24.5. The Kier molecular flexibility index (Phi) is 18.1. The summed E-state index contributed by atoms with van der Waals surface area (Å²) in [5.41, 5.74) is 19.6. The molecule has 7 N–H and O–H groups in total. The van der Waals surface area contributed by atoms with Gasteiger partial charge < -0.3 is 50.6 Å². The zero-order chi connectivity index (χ0) is 48.5. The molecule has 2 aromatic carbocycles. The summed E-state index contributed by atoms with van der Waals surface area (Å²) < 4.78 is 47.4. The highest BCUT2D eigenvalue weighted by molar-refractivity contribution is 7.90. The number of nitrogens with one attached hydrogen (secondary N) is 1. The number of sulfone groups is 1. The van der Waals surface area contributed by atoms with Crippen LogP contribution >= 0.6 is 0 Å². The molecular formula is C45H60N16O6S. The third kappa shape index (κ3) is 14.2. The Balaban J connectivity index is 0.000000181. The molecule has 68 heavy (non-hydrogen) atoms. The second-order valence-corrected chi connectivity index (χ2v) is 17.0. The molecule has 0 atom stereocenters. The van der Waals surface area contributed by atoms with Gasteiger partial charge in [-0.1, -0.05) is 52.0 Å². The fourth-order valence-electron chi connectivity index (χ4n) is 6.51. The minimum absolute atomic E-state index is 0.0410. The topological polar surface area (TPSA) is 287 Å². The van der Waals surface area contributed by atoms with Gasteiger partial charge >= 0.3 is 0 Å². The van der Waals surface area contributed by atoms with E-state index in [1.54, 1.807) is 30.5 Å². The number of furan rings is 2.